The molecule has 3 aromatic rings. The largest absolute Gasteiger partial charge is 0.472 e. The Morgan fingerprint density at radius 3 is 2.34 bits per heavy atom. The van der Waals surface area contributed by atoms with Crippen LogP contribution in [0.1, 0.15) is 65.5 Å². The molecule has 0 aliphatic carbocycles. The second-order valence-electron chi connectivity index (χ2n) is 7.14. The number of carbonyl (C=O) groups is 2. The summed E-state index contributed by atoms with van der Waals surface area (Å²) < 4.78 is 4.92. The summed E-state index contributed by atoms with van der Waals surface area (Å²) in [4.78, 5) is 26.0. The van der Waals surface area contributed by atoms with Crippen molar-refractivity contribution >= 4 is 23.2 Å². The highest BCUT2D eigenvalue weighted by Gasteiger charge is 2.23. The van der Waals surface area contributed by atoms with Crippen LogP contribution in [0.3, 0.4) is 0 Å². The van der Waals surface area contributed by atoms with E-state index in [-0.39, 0.29) is 17.9 Å². The first-order chi connectivity index (χ1) is 14.0. The van der Waals surface area contributed by atoms with Crippen molar-refractivity contribution in [1.82, 2.24) is 10.6 Å². The minimum atomic E-state index is -0.681. The van der Waals surface area contributed by atoms with Crippen molar-refractivity contribution in [3.8, 4) is 0 Å². The van der Waals surface area contributed by atoms with Gasteiger partial charge in [-0.05, 0) is 47.9 Å². The number of carbonyl (C=O) groups excluding carboxylic acids is 2. The lowest BCUT2D eigenvalue weighted by atomic mass is 9.95. The predicted molar refractivity (Wildman–Crippen MR) is 115 cm³/mol. The lowest BCUT2D eigenvalue weighted by molar-refractivity contribution is -0.123. The Kier molecular flexibility index (Phi) is 6.88. The van der Waals surface area contributed by atoms with Crippen molar-refractivity contribution < 1.29 is 14.0 Å². The molecule has 0 saturated heterocycles. The van der Waals surface area contributed by atoms with Crippen LogP contribution in [-0.4, -0.2) is 17.9 Å². The minimum Gasteiger partial charge on any atom is -0.472 e. The molecule has 0 radical (unpaired) electrons. The molecule has 6 heteroatoms. The van der Waals surface area contributed by atoms with Crippen LogP contribution in [0.5, 0.6) is 0 Å². The molecule has 3 rings (SSSR count). The molecule has 2 aromatic heterocycles. The van der Waals surface area contributed by atoms with Gasteiger partial charge in [0.15, 0.2) is 0 Å². The highest BCUT2D eigenvalue weighted by molar-refractivity contribution is 7.10. The summed E-state index contributed by atoms with van der Waals surface area (Å²) in [6.07, 6.45) is 3.86. The van der Waals surface area contributed by atoms with Crippen LogP contribution in [0.2, 0.25) is 0 Å². The standard InChI is InChI=1S/C23H26N2O3S/c1-4-15(2)17-7-9-18(10-8-17)21(20-6-5-13-29-20)25-22(26)16(3)24-23(27)19-11-12-28-14-19/h5-16,21H,4H2,1-3H3,(H,24,27)(H,25,26). The number of thiophene rings is 1. The van der Waals surface area contributed by atoms with E-state index in [9.17, 15) is 9.59 Å². The fourth-order valence-corrected chi connectivity index (χ4v) is 3.84. The fraction of sp³-hybridized carbons (Fsp3) is 0.304. The van der Waals surface area contributed by atoms with Gasteiger partial charge in [0.1, 0.15) is 12.3 Å². The third kappa shape index (κ3) is 5.15. The van der Waals surface area contributed by atoms with E-state index in [0.717, 1.165) is 16.9 Å². The highest BCUT2D eigenvalue weighted by Crippen LogP contribution is 2.28. The average Bonchev–Trinajstić information content (AvgIpc) is 3.45. The van der Waals surface area contributed by atoms with Crippen molar-refractivity contribution in [3.05, 3.63) is 81.9 Å². The summed E-state index contributed by atoms with van der Waals surface area (Å²) in [7, 11) is 0. The smallest absolute Gasteiger partial charge is 0.255 e. The molecule has 3 atom stereocenters. The molecule has 29 heavy (non-hydrogen) atoms. The first kappa shape index (κ1) is 20.9. The van der Waals surface area contributed by atoms with Gasteiger partial charge in [-0.25, -0.2) is 0 Å². The first-order valence-corrected chi connectivity index (χ1v) is 10.6. The second kappa shape index (κ2) is 9.56. The molecule has 5 nitrogen and oxygen atoms in total. The molecule has 0 fully saturated rings. The van der Waals surface area contributed by atoms with Gasteiger partial charge in [-0.2, -0.15) is 0 Å². The zero-order valence-corrected chi connectivity index (χ0v) is 17.7. The molecule has 0 saturated carbocycles. The minimum absolute atomic E-state index is 0.244. The van der Waals surface area contributed by atoms with E-state index < -0.39 is 6.04 Å². The maximum absolute atomic E-state index is 12.8. The summed E-state index contributed by atoms with van der Waals surface area (Å²) in [5.41, 5.74) is 2.69. The number of hydrogen-bond acceptors (Lipinski definition) is 4. The number of nitrogens with one attached hydrogen (secondary N) is 2. The third-order valence-electron chi connectivity index (χ3n) is 5.09. The monoisotopic (exact) mass is 410 g/mol. The Labute approximate surface area is 175 Å². The van der Waals surface area contributed by atoms with E-state index in [2.05, 4.69) is 48.7 Å². The Bertz CT molecular complexity index is 918. The molecule has 2 heterocycles. The summed E-state index contributed by atoms with van der Waals surface area (Å²) in [5.74, 6) is -0.0878. The van der Waals surface area contributed by atoms with Crippen LogP contribution in [0.4, 0.5) is 0 Å². The molecular formula is C23H26N2O3S. The van der Waals surface area contributed by atoms with Gasteiger partial charge < -0.3 is 15.1 Å². The van der Waals surface area contributed by atoms with Crippen molar-refractivity contribution in [2.24, 2.45) is 0 Å². The molecule has 0 spiro atoms. The van der Waals surface area contributed by atoms with Crippen molar-refractivity contribution in [2.75, 3.05) is 0 Å². The van der Waals surface area contributed by atoms with E-state index >= 15 is 0 Å². The van der Waals surface area contributed by atoms with Crippen LogP contribution in [0.15, 0.2) is 64.8 Å². The van der Waals surface area contributed by atoms with Crippen LogP contribution in [0, 0.1) is 0 Å². The van der Waals surface area contributed by atoms with Crippen molar-refractivity contribution in [3.63, 3.8) is 0 Å². The maximum atomic E-state index is 12.8. The summed E-state index contributed by atoms with van der Waals surface area (Å²) in [6, 6.07) is 13.0. The number of rotatable bonds is 8. The highest BCUT2D eigenvalue weighted by atomic mass is 32.1. The molecule has 0 aliphatic heterocycles. The normalized spacial score (nSPS) is 14.0. The van der Waals surface area contributed by atoms with E-state index in [1.807, 2.05) is 17.5 Å². The summed E-state index contributed by atoms with van der Waals surface area (Å²) >= 11 is 1.59. The van der Waals surface area contributed by atoms with E-state index in [1.165, 1.54) is 18.1 Å². The van der Waals surface area contributed by atoms with E-state index in [1.54, 1.807) is 24.3 Å². The summed E-state index contributed by atoms with van der Waals surface area (Å²) in [6.45, 7) is 6.05. The summed E-state index contributed by atoms with van der Waals surface area (Å²) in [5, 5.41) is 7.78. The zero-order chi connectivity index (χ0) is 20.8. The number of furan rings is 1. The van der Waals surface area contributed by atoms with Crippen LogP contribution >= 0.6 is 11.3 Å². The lowest BCUT2D eigenvalue weighted by Crippen LogP contribution is -2.45. The van der Waals surface area contributed by atoms with E-state index in [0.29, 0.717) is 11.5 Å². The van der Waals surface area contributed by atoms with E-state index in [4.69, 9.17) is 4.42 Å². The Morgan fingerprint density at radius 1 is 1.03 bits per heavy atom. The Morgan fingerprint density at radius 2 is 1.76 bits per heavy atom. The van der Waals surface area contributed by atoms with Gasteiger partial charge in [0, 0.05) is 4.88 Å². The third-order valence-corrected chi connectivity index (χ3v) is 6.03. The van der Waals surface area contributed by atoms with Gasteiger partial charge in [-0.1, -0.05) is 44.2 Å². The van der Waals surface area contributed by atoms with Crippen LogP contribution in [-0.2, 0) is 4.79 Å². The Balaban J connectivity index is 1.74. The van der Waals surface area contributed by atoms with Crippen molar-refractivity contribution in [2.45, 2.75) is 45.2 Å². The lowest BCUT2D eigenvalue weighted by Gasteiger charge is -2.22. The number of hydrogen-bond donors (Lipinski definition) is 2. The van der Waals surface area contributed by atoms with Crippen LogP contribution < -0.4 is 10.6 Å². The predicted octanol–water partition coefficient (Wildman–Crippen LogP) is 4.88. The number of amides is 2. The van der Waals surface area contributed by atoms with Gasteiger partial charge in [-0.3, -0.25) is 9.59 Å². The van der Waals surface area contributed by atoms with Gasteiger partial charge >= 0.3 is 0 Å². The zero-order valence-electron chi connectivity index (χ0n) is 16.8. The van der Waals surface area contributed by atoms with Gasteiger partial charge in [-0.15, -0.1) is 11.3 Å². The Hall–Kier alpha value is -2.86. The molecule has 1 aromatic carbocycles. The molecule has 0 aliphatic rings. The van der Waals surface area contributed by atoms with Crippen LogP contribution in [0.25, 0.3) is 0 Å². The molecule has 152 valence electrons. The molecular weight excluding hydrogens is 384 g/mol. The fourth-order valence-electron chi connectivity index (χ4n) is 3.03. The molecule has 2 N–H and O–H groups in total. The van der Waals surface area contributed by atoms with Gasteiger partial charge in [0.05, 0.1) is 17.9 Å². The first-order valence-electron chi connectivity index (χ1n) is 9.76. The quantitative estimate of drug-likeness (QED) is 0.556. The molecule has 3 unspecified atom stereocenters. The van der Waals surface area contributed by atoms with Gasteiger partial charge in [0.2, 0.25) is 5.91 Å². The second-order valence-corrected chi connectivity index (χ2v) is 8.12. The average molecular weight is 411 g/mol. The maximum Gasteiger partial charge on any atom is 0.255 e. The van der Waals surface area contributed by atoms with Gasteiger partial charge in [0.25, 0.3) is 5.91 Å². The topological polar surface area (TPSA) is 71.3 Å². The SMILES string of the molecule is CCC(C)c1ccc(C(NC(=O)C(C)NC(=O)c2ccoc2)c2cccs2)cc1. The van der Waals surface area contributed by atoms with Crippen molar-refractivity contribution in [1.29, 1.82) is 0 Å². The number of benzene rings is 1. The molecule has 2 amide bonds. The molecule has 0 bridgehead atoms.